The fourth-order valence-corrected chi connectivity index (χ4v) is 2.36. The number of nitrogens with one attached hydrogen (secondary N) is 1. The number of carboxylic acid groups (broad SMARTS) is 1. The van der Waals surface area contributed by atoms with E-state index in [1.165, 1.54) is 12.1 Å². The zero-order valence-electron chi connectivity index (χ0n) is 12.5. The second-order valence-electron chi connectivity index (χ2n) is 5.21. The van der Waals surface area contributed by atoms with Crippen LogP contribution in [0.2, 0.25) is 0 Å². The molecule has 1 heterocycles. The molecule has 0 spiro atoms. The minimum absolute atomic E-state index is 0.175. The molecule has 0 aliphatic rings. The van der Waals surface area contributed by atoms with Crippen molar-refractivity contribution in [3.8, 4) is 0 Å². The van der Waals surface area contributed by atoms with E-state index in [2.05, 4.69) is 4.98 Å². The van der Waals surface area contributed by atoms with Crippen LogP contribution in [-0.2, 0) is 0 Å². The standard InChI is InChI=1S/C19H13NO4/c21-17(9-6-12-4-2-1-3-5-12)13-7-8-16-14(10-13)18(22)15(11-20-16)19(23)24/h1-11H,(H,20,22)(H,23,24)/b9-6+. The van der Waals surface area contributed by atoms with E-state index in [0.29, 0.717) is 11.1 Å². The van der Waals surface area contributed by atoms with Gasteiger partial charge in [0.25, 0.3) is 0 Å². The summed E-state index contributed by atoms with van der Waals surface area (Å²) in [6, 6.07) is 14.0. The Morgan fingerprint density at radius 3 is 2.50 bits per heavy atom. The summed E-state index contributed by atoms with van der Waals surface area (Å²) in [6.45, 7) is 0. The lowest BCUT2D eigenvalue weighted by Gasteiger charge is -2.02. The SMILES string of the molecule is O=C(/C=C/c1ccccc1)c1ccc2[nH]cc(C(=O)O)c(=O)c2c1. The Balaban J connectivity index is 1.99. The molecule has 0 aliphatic carbocycles. The van der Waals surface area contributed by atoms with Crippen molar-refractivity contribution >= 4 is 28.7 Å². The van der Waals surface area contributed by atoms with Gasteiger partial charge in [-0.3, -0.25) is 9.59 Å². The smallest absolute Gasteiger partial charge is 0.341 e. The Labute approximate surface area is 136 Å². The van der Waals surface area contributed by atoms with Gasteiger partial charge < -0.3 is 10.1 Å². The molecule has 0 saturated heterocycles. The number of aromatic amines is 1. The van der Waals surface area contributed by atoms with Crippen molar-refractivity contribution in [3.05, 3.63) is 87.7 Å². The quantitative estimate of drug-likeness (QED) is 0.571. The number of pyridine rings is 1. The predicted molar refractivity (Wildman–Crippen MR) is 91.3 cm³/mol. The topological polar surface area (TPSA) is 87.2 Å². The molecule has 5 nitrogen and oxygen atoms in total. The van der Waals surface area contributed by atoms with Gasteiger partial charge in [-0.2, -0.15) is 0 Å². The Bertz CT molecular complexity index is 1020. The van der Waals surface area contributed by atoms with Crippen LogP contribution < -0.4 is 5.43 Å². The highest BCUT2D eigenvalue weighted by Crippen LogP contribution is 2.13. The third-order valence-corrected chi connectivity index (χ3v) is 3.62. The number of carbonyl (C=O) groups is 2. The lowest BCUT2D eigenvalue weighted by molar-refractivity contribution is 0.0695. The number of fused-ring (bicyclic) bond motifs is 1. The summed E-state index contributed by atoms with van der Waals surface area (Å²) in [6.07, 6.45) is 4.26. The van der Waals surface area contributed by atoms with E-state index in [1.54, 1.807) is 18.2 Å². The molecule has 0 aliphatic heterocycles. The molecule has 0 bridgehead atoms. The van der Waals surface area contributed by atoms with Crippen LogP contribution in [-0.4, -0.2) is 21.8 Å². The maximum Gasteiger partial charge on any atom is 0.341 e. The van der Waals surface area contributed by atoms with Crippen LogP contribution >= 0.6 is 0 Å². The fourth-order valence-electron chi connectivity index (χ4n) is 2.36. The summed E-state index contributed by atoms with van der Waals surface area (Å²) < 4.78 is 0. The van der Waals surface area contributed by atoms with Gasteiger partial charge in [0.05, 0.1) is 0 Å². The Hall–Kier alpha value is -3.47. The molecule has 0 unspecified atom stereocenters. The van der Waals surface area contributed by atoms with Crippen molar-refractivity contribution in [2.75, 3.05) is 0 Å². The zero-order chi connectivity index (χ0) is 17.1. The van der Waals surface area contributed by atoms with Gasteiger partial charge in [0.15, 0.2) is 5.78 Å². The van der Waals surface area contributed by atoms with E-state index in [0.717, 1.165) is 11.8 Å². The van der Waals surface area contributed by atoms with Gasteiger partial charge in [0, 0.05) is 22.7 Å². The van der Waals surface area contributed by atoms with Crippen LogP contribution in [0.3, 0.4) is 0 Å². The number of H-pyrrole nitrogens is 1. The van der Waals surface area contributed by atoms with E-state index in [1.807, 2.05) is 30.3 Å². The largest absolute Gasteiger partial charge is 0.477 e. The van der Waals surface area contributed by atoms with Gasteiger partial charge in [0.2, 0.25) is 5.43 Å². The number of aromatic nitrogens is 1. The average Bonchev–Trinajstić information content (AvgIpc) is 2.60. The van der Waals surface area contributed by atoms with E-state index >= 15 is 0 Å². The molecule has 0 amide bonds. The summed E-state index contributed by atoms with van der Waals surface area (Å²) in [7, 11) is 0. The van der Waals surface area contributed by atoms with Gasteiger partial charge in [-0.05, 0) is 29.8 Å². The van der Waals surface area contributed by atoms with Crippen molar-refractivity contribution < 1.29 is 14.7 Å². The van der Waals surface area contributed by atoms with Crippen LogP contribution in [0.5, 0.6) is 0 Å². The highest BCUT2D eigenvalue weighted by atomic mass is 16.4. The van der Waals surface area contributed by atoms with Crippen LogP contribution in [0.25, 0.3) is 17.0 Å². The molecule has 3 aromatic rings. The molecular formula is C19H13NO4. The van der Waals surface area contributed by atoms with Crippen molar-refractivity contribution in [2.24, 2.45) is 0 Å². The summed E-state index contributed by atoms with van der Waals surface area (Å²) in [4.78, 5) is 38.3. The molecule has 0 atom stereocenters. The Morgan fingerprint density at radius 1 is 1.04 bits per heavy atom. The molecular weight excluding hydrogens is 306 g/mol. The van der Waals surface area contributed by atoms with Crippen molar-refractivity contribution in [1.29, 1.82) is 0 Å². The van der Waals surface area contributed by atoms with Gasteiger partial charge in [-0.15, -0.1) is 0 Å². The third kappa shape index (κ3) is 3.01. The Morgan fingerprint density at radius 2 is 1.79 bits per heavy atom. The van der Waals surface area contributed by atoms with Crippen molar-refractivity contribution in [2.45, 2.75) is 0 Å². The number of allylic oxidation sites excluding steroid dienone is 1. The van der Waals surface area contributed by atoms with E-state index in [-0.39, 0.29) is 16.7 Å². The minimum Gasteiger partial charge on any atom is -0.477 e. The van der Waals surface area contributed by atoms with E-state index < -0.39 is 11.4 Å². The second-order valence-corrected chi connectivity index (χ2v) is 5.21. The van der Waals surface area contributed by atoms with Crippen LogP contribution in [0.1, 0.15) is 26.3 Å². The van der Waals surface area contributed by atoms with E-state index in [9.17, 15) is 14.4 Å². The Kier molecular flexibility index (Phi) is 4.07. The number of benzene rings is 2. The monoisotopic (exact) mass is 319 g/mol. The molecule has 1 aromatic heterocycles. The first-order valence-corrected chi connectivity index (χ1v) is 7.22. The molecule has 2 N–H and O–H groups in total. The number of rotatable bonds is 4. The van der Waals surface area contributed by atoms with Crippen molar-refractivity contribution in [3.63, 3.8) is 0 Å². The highest BCUT2D eigenvalue weighted by Gasteiger charge is 2.12. The summed E-state index contributed by atoms with van der Waals surface area (Å²) >= 11 is 0. The highest BCUT2D eigenvalue weighted by molar-refractivity contribution is 6.08. The number of hydrogen-bond acceptors (Lipinski definition) is 3. The number of carbonyl (C=O) groups excluding carboxylic acids is 1. The summed E-state index contributed by atoms with van der Waals surface area (Å²) in [5.41, 5.74) is 0.721. The number of carboxylic acids is 1. The first-order chi connectivity index (χ1) is 11.6. The van der Waals surface area contributed by atoms with Gasteiger partial charge in [0.1, 0.15) is 5.56 Å². The fraction of sp³-hybridized carbons (Fsp3) is 0. The molecule has 118 valence electrons. The summed E-state index contributed by atoms with van der Waals surface area (Å²) in [5.74, 6) is -1.57. The van der Waals surface area contributed by atoms with E-state index in [4.69, 9.17) is 5.11 Å². The predicted octanol–water partition coefficient (Wildman–Crippen LogP) is 3.12. The molecule has 2 aromatic carbocycles. The first kappa shape index (κ1) is 15.4. The number of aromatic carboxylic acids is 1. The zero-order valence-corrected chi connectivity index (χ0v) is 12.5. The number of ketones is 1. The minimum atomic E-state index is -1.31. The lowest BCUT2D eigenvalue weighted by Crippen LogP contribution is -2.15. The molecule has 3 rings (SSSR count). The number of hydrogen-bond donors (Lipinski definition) is 2. The molecule has 5 heteroatoms. The maximum atomic E-state index is 12.3. The second kappa shape index (κ2) is 6.34. The molecule has 24 heavy (non-hydrogen) atoms. The molecule has 0 fully saturated rings. The van der Waals surface area contributed by atoms with Crippen LogP contribution in [0, 0.1) is 0 Å². The molecule has 0 radical (unpaired) electrons. The van der Waals surface area contributed by atoms with Gasteiger partial charge >= 0.3 is 5.97 Å². The summed E-state index contributed by atoms with van der Waals surface area (Å²) in [5, 5.41) is 9.19. The lowest BCUT2D eigenvalue weighted by atomic mass is 10.0. The first-order valence-electron chi connectivity index (χ1n) is 7.22. The van der Waals surface area contributed by atoms with Crippen molar-refractivity contribution in [1.82, 2.24) is 4.98 Å². The van der Waals surface area contributed by atoms with Gasteiger partial charge in [-0.25, -0.2) is 4.79 Å². The van der Waals surface area contributed by atoms with Crippen LogP contribution in [0.15, 0.2) is 65.6 Å². The third-order valence-electron chi connectivity index (χ3n) is 3.62. The van der Waals surface area contributed by atoms with Crippen LogP contribution in [0.4, 0.5) is 0 Å². The maximum absolute atomic E-state index is 12.3. The van der Waals surface area contributed by atoms with Gasteiger partial charge in [-0.1, -0.05) is 36.4 Å². The molecule has 0 saturated carbocycles. The average molecular weight is 319 g/mol. The normalized spacial score (nSPS) is 11.0.